The smallest absolute Gasteiger partial charge is 0.337 e. The number of carbonyl (C=O) groups excluding carboxylic acids is 1. The topological polar surface area (TPSA) is 148 Å². The summed E-state index contributed by atoms with van der Waals surface area (Å²) in [6, 6.07) is 14.1. The van der Waals surface area contributed by atoms with E-state index in [0.29, 0.717) is 54.4 Å². The van der Waals surface area contributed by atoms with Crippen LogP contribution in [0, 0.1) is 0 Å². The van der Waals surface area contributed by atoms with Gasteiger partial charge in [-0.1, -0.05) is 12.1 Å². The number of hydrogen-bond donors (Lipinski definition) is 3. The molecule has 2 aromatic carbocycles. The van der Waals surface area contributed by atoms with Crippen molar-refractivity contribution in [1.82, 2.24) is 9.97 Å². The summed E-state index contributed by atoms with van der Waals surface area (Å²) in [5, 5.41) is 34.5. The van der Waals surface area contributed by atoms with Crippen molar-refractivity contribution in [2.24, 2.45) is 0 Å². The van der Waals surface area contributed by atoms with Crippen LogP contribution in [0.1, 0.15) is 33.6 Å². The van der Waals surface area contributed by atoms with E-state index in [1.54, 1.807) is 53.0 Å². The molecule has 3 N–H and O–H groups in total. The van der Waals surface area contributed by atoms with Gasteiger partial charge in [-0.2, -0.15) is 0 Å². The number of fused-ring (bicyclic) bond motifs is 6. The Morgan fingerprint density at radius 1 is 0.721 bits per heavy atom. The van der Waals surface area contributed by atoms with Gasteiger partial charge in [0.2, 0.25) is 11.8 Å². The number of carbonyl (C=O) groups is 2. The normalized spacial score (nSPS) is 11.0. The lowest BCUT2D eigenvalue weighted by atomic mass is 10.1. The van der Waals surface area contributed by atoms with Crippen LogP contribution in [-0.4, -0.2) is 70.8 Å². The van der Waals surface area contributed by atoms with Gasteiger partial charge < -0.3 is 29.5 Å². The Labute approximate surface area is 253 Å². The van der Waals surface area contributed by atoms with Crippen molar-refractivity contribution in [3.05, 3.63) is 70.4 Å². The molecule has 10 nitrogen and oxygen atoms in total. The molecule has 0 amide bonds. The number of carboxylic acid groups (broad SMARTS) is 1. The number of aliphatic hydroxyl groups excluding tert-OH is 2. The summed E-state index contributed by atoms with van der Waals surface area (Å²) >= 11 is 3.17. The molecular weight excluding hydrogens is 592 g/mol. The zero-order valence-corrected chi connectivity index (χ0v) is 24.7. The summed E-state index contributed by atoms with van der Waals surface area (Å²) in [7, 11) is 1.35. The number of rotatable bonds is 10. The van der Waals surface area contributed by atoms with Crippen LogP contribution in [0.25, 0.3) is 42.0 Å². The predicted octanol–water partition coefficient (Wildman–Crippen LogP) is 5.91. The van der Waals surface area contributed by atoms with E-state index in [-0.39, 0.29) is 18.8 Å². The quantitative estimate of drug-likeness (QED) is 0.125. The van der Waals surface area contributed by atoms with Crippen LogP contribution >= 0.6 is 22.7 Å². The number of aliphatic hydroxyl groups is 2. The Bertz CT molecular complexity index is 1920. The number of carboxylic acids is 1. The van der Waals surface area contributed by atoms with E-state index in [4.69, 9.17) is 29.5 Å². The van der Waals surface area contributed by atoms with E-state index in [1.807, 2.05) is 29.0 Å². The second kappa shape index (κ2) is 13.7. The third-order valence-electron chi connectivity index (χ3n) is 6.47. The highest BCUT2D eigenvalue weighted by atomic mass is 32.1. The minimum absolute atomic E-state index is 0.0591. The monoisotopic (exact) mass is 620 g/mol. The Morgan fingerprint density at radius 2 is 1.21 bits per heavy atom. The third kappa shape index (κ3) is 6.52. The minimum Gasteiger partial charge on any atom is -0.478 e. The van der Waals surface area contributed by atoms with E-state index in [9.17, 15) is 9.59 Å². The molecule has 4 heterocycles. The second-order valence-corrected chi connectivity index (χ2v) is 11.1. The number of esters is 1. The fraction of sp³-hybridized carbons (Fsp3) is 0.226. The van der Waals surface area contributed by atoms with Crippen molar-refractivity contribution in [3.63, 3.8) is 0 Å². The zero-order valence-electron chi connectivity index (χ0n) is 23.1. The molecule has 222 valence electrons. The molecule has 0 atom stereocenters. The molecule has 0 unspecified atom stereocenters. The molecule has 0 bridgehead atoms. The number of ether oxygens (including phenoxy) is 3. The summed E-state index contributed by atoms with van der Waals surface area (Å²) < 4.78 is 18.1. The average molecular weight is 621 g/mol. The number of hydrogen-bond acceptors (Lipinski definition) is 11. The third-order valence-corrected chi connectivity index (χ3v) is 8.37. The zero-order chi connectivity index (χ0) is 30.3. The van der Waals surface area contributed by atoms with Crippen LogP contribution < -0.4 is 9.47 Å². The molecule has 0 saturated carbocycles. The summed E-state index contributed by atoms with van der Waals surface area (Å²) in [5.41, 5.74) is 1.95. The van der Waals surface area contributed by atoms with Gasteiger partial charge >= 0.3 is 11.9 Å². The van der Waals surface area contributed by atoms with Crippen molar-refractivity contribution < 1.29 is 39.1 Å². The SMILES string of the molecule is COC(=O)c1ccc2c(c1)nc(OCCCO)c1ccsc12.O=C(O)c1ccc2c(c1)nc(OCCCO)c1ccsc12. The Kier molecular flexibility index (Phi) is 9.62. The first-order valence-corrected chi connectivity index (χ1v) is 15.1. The molecule has 4 aromatic heterocycles. The van der Waals surface area contributed by atoms with Crippen LogP contribution in [0.4, 0.5) is 0 Å². The first kappa shape index (κ1) is 30.1. The second-order valence-electron chi connectivity index (χ2n) is 9.27. The molecule has 0 spiro atoms. The maximum atomic E-state index is 11.7. The van der Waals surface area contributed by atoms with Gasteiger partial charge in [0.25, 0.3) is 0 Å². The molecule has 0 fully saturated rings. The summed E-state index contributed by atoms with van der Waals surface area (Å²) in [6.07, 6.45) is 1.08. The van der Waals surface area contributed by atoms with Crippen molar-refractivity contribution in [3.8, 4) is 11.8 Å². The number of pyridine rings is 2. The number of methoxy groups -OCH3 is 1. The molecule has 0 aliphatic heterocycles. The molecule has 0 aliphatic rings. The molecule has 0 radical (unpaired) electrons. The van der Waals surface area contributed by atoms with Gasteiger partial charge in [0, 0.05) is 46.2 Å². The predicted molar refractivity (Wildman–Crippen MR) is 167 cm³/mol. The Balaban J connectivity index is 0.000000171. The Hall–Kier alpha value is -4.36. The molecular formula is C31H28N2O8S2. The number of benzene rings is 2. The summed E-state index contributed by atoms with van der Waals surface area (Å²) in [4.78, 5) is 31.7. The Morgan fingerprint density at radius 3 is 1.67 bits per heavy atom. The highest BCUT2D eigenvalue weighted by Gasteiger charge is 2.15. The van der Waals surface area contributed by atoms with E-state index >= 15 is 0 Å². The highest BCUT2D eigenvalue weighted by Crippen LogP contribution is 2.36. The van der Waals surface area contributed by atoms with Gasteiger partial charge in [0.1, 0.15) is 0 Å². The van der Waals surface area contributed by atoms with Crippen molar-refractivity contribution in [2.75, 3.05) is 33.5 Å². The number of nitrogens with zero attached hydrogens (tertiary/aromatic N) is 2. The maximum Gasteiger partial charge on any atom is 0.337 e. The van der Waals surface area contributed by atoms with E-state index in [2.05, 4.69) is 9.97 Å². The fourth-order valence-electron chi connectivity index (χ4n) is 4.41. The van der Waals surface area contributed by atoms with Crippen LogP contribution in [0.15, 0.2) is 59.3 Å². The maximum absolute atomic E-state index is 11.7. The van der Waals surface area contributed by atoms with E-state index in [1.165, 1.54) is 7.11 Å². The molecule has 6 aromatic rings. The van der Waals surface area contributed by atoms with Gasteiger partial charge in [-0.05, 0) is 47.2 Å². The van der Waals surface area contributed by atoms with E-state index < -0.39 is 11.9 Å². The molecule has 43 heavy (non-hydrogen) atoms. The molecule has 12 heteroatoms. The van der Waals surface area contributed by atoms with E-state index in [0.717, 1.165) is 30.9 Å². The first-order valence-electron chi connectivity index (χ1n) is 13.4. The molecule has 6 rings (SSSR count). The summed E-state index contributed by atoms with van der Waals surface area (Å²) in [5.74, 6) is -0.362. The van der Waals surface area contributed by atoms with Gasteiger partial charge in [0.05, 0.1) is 53.3 Å². The van der Waals surface area contributed by atoms with Crippen molar-refractivity contribution in [2.45, 2.75) is 12.8 Å². The lowest BCUT2D eigenvalue weighted by Crippen LogP contribution is -2.03. The van der Waals surface area contributed by atoms with Crippen LogP contribution in [0.3, 0.4) is 0 Å². The van der Waals surface area contributed by atoms with Crippen LogP contribution in [-0.2, 0) is 4.74 Å². The van der Waals surface area contributed by atoms with Crippen LogP contribution in [0.5, 0.6) is 11.8 Å². The van der Waals surface area contributed by atoms with Crippen molar-refractivity contribution >= 4 is 76.6 Å². The number of thiophene rings is 2. The standard InChI is InChI=1S/C16H15NO4S.C15H13NO4S/c1-20-16(19)10-3-4-11-13(9-10)17-15(21-7-2-6-18)12-5-8-22-14(11)12;17-5-1-6-20-14-11-4-7-21-13(11)10-3-2-9(15(18)19)8-12(10)16-14/h3-5,8-9,18H,2,6-7H2,1H3;2-4,7-8,17H,1,5-6H2,(H,18,19). The van der Waals surface area contributed by atoms with Gasteiger partial charge in [-0.15, -0.1) is 22.7 Å². The minimum atomic E-state index is -0.979. The van der Waals surface area contributed by atoms with Crippen molar-refractivity contribution in [1.29, 1.82) is 0 Å². The highest BCUT2D eigenvalue weighted by molar-refractivity contribution is 7.18. The lowest BCUT2D eigenvalue weighted by Gasteiger charge is -2.09. The average Bonchev–Trinajstić information content (AvgIpc) is 3.72. The summed E-state index contributed by atoms with van der Waals surface area (Å²) in [6.45, 7) is 0.908. The van der Waals surface area contributed by atoms with Gasteiger partial charge in [-0.3, -0.25) is 0 Å². The lowest BCUT2D eigenvalue weighted by molar-refractivity contribution is 0.0600. The molecule has 0 saturated heterocycles. The number of aromatic carboxylic acids is 1. The first-order chi connectivity index (χ1) is 20.9. The van der Waals surface area contributed by atoms with Crippen LogP contribution in [0.2, 0.25) is 0 Å². The largest absolute Gasteiger partial charge is 0.478 e. The van der Waals surface area contributed by atoms with Gasteiger partial charge in [0.15, 0.2) is 0 Å². The fourth-order valence-corrected chi connectivity index (χ4v) is 6.25. The molecule has 0 aliphatic carbocycles. The number of aromatic nitrogens is 2. The van der Waals surface area contributed by atoms with Gasteiger partial charge in [-0.25, -0.2) is 19.6 Å².